The fraction of sp³-hybridized carbons (Fsp3) is 0.0667. The Labute approximate surface area is 143 Å². The number of rotatable bonds is 3. The first-order valence-corrected chi connectivity index (χ1v) is 7.03. The van der Waals surface area contributed by atoms with E-state index >= 15 is 0 Å². The lowest BCUT2D eigenvalue weighted by Crippen LogP contribution is -2.21. The smallest absolute Gasteiger partial charge is 0.433 e. The third kappa shape index (κ3) is 3.14. The van der Waals surface area contributed by atoms with Crippen LogP contribution in [0.2, 0.25) is 0 Å². The molecule has 11 heteroatoms. The van der Waals surface area contributed by atoms with Crippen molar-refractivity contribution in [2.75, 3.05) is 10.6 Å². The summed E-state index contributed by atoms with van der Waals surface area (Å²) in [6, 6.07) is 4.72. The zero-order valence-electron chi connectivity index (χ0n) is 12.8. The fourth-order valence-corrected chi connectivity index (χ4v) is 2.30. The van der Waals surface area contributed by atoms with Crippen molar-refractivity contribution >= 4 is 28.8 Å². The number of nitrogens with zero attached hydrogens (tertiary/aromatic N) is 2. The van der Waals surface area contributed by atoms with Gasteiger partial charge < -0.3 is 21.5 Å². The van der Waals surface area contributed by atoms with E-state index in [-0.39, 0.29) is 11.4 Å². The number of nitrogens with one attached hydrogen (secondary N) is 2. The van der Waals surface area contributed by atoms with Crippen LogP contribution in [0.15, 0.2) is 36.3 Å². The molecule has 8 nitrogen and oxygen atoms in total. The summed E-state index contributed by atoms with van der Waals surface area (Å²) >= 11 is 0. The van der Waals surface area contributed by atoms with Crippen molar-refractivity contribution in [3.63, 3.8) is 0 Å². The Hall–Kier alpha value is -3.63. The molecule has 0 saturated carbocycles. The number of aromatic carboxylic acids is 1. The zero-order valence-corrected chi connectivity index (χ0v) is 12.8. The van der Waals surface area contributed by atoms with Crippen LogP contribution in [0.1, 0.15) is 21.9 Å². The van der Waals surface area contributed by atoms with Crippen molar-refractivity contribution in [2.45, 2.75) is 6.18 Å². The number of hydrogen-bond acceptors (Lipinski definition) is 6. The molecule has 1 amide bonds. The molecule has 0 saturated heterocycles. The van der Waals surface area contributed by atoms with Gasteiger partial charge in [0.1, 0.15) is 17.1 Å². The minimum Gasteiger partial charge on any atom is -0.478 e. The van der Waals surface area contributed by atoms with Gasteiger partial charge in [-0.2, -0.15) is 13.2 Å². The maximum atomic E-state index is 12.8. The number of fused-ring (bicyclic) bond motifs is 1. The number of halogens is 3. The monoisotopic (exact) mass is 365 g/mol. The predicted octanol–water partition coefficient (Wildman–Crippen LogP) is 1.89. The number of aromatic nitrogens is 2. The Morgan fingerprint density at radius 2 is 1.81 bits per heavy atom. The average Bonchev–Trinajstić information content (AvgIpc) is 2.96. The van der Waals surface area contributed by atoms with Crippen LogP contribution in [-0.2, 0) is 11.0 Å². The van der Waals surface area contributed by atoms with Crippen LogP contribution in [0.3, 0.4) is 0 Å². The summed E-state index contributed by atoms with van der Waals surface area (Å²) in [5.74, 6) is -2.79. The molecule has 134 valence electrons. The number of carboxylic acid groups (broad SMARTS) is 1. The predicted molar refractivity (Wildman–Crippen MR) is 83.8 cm³/mol. The Balaban J connectivity index is 2.07. The summed E-state index contributed by atoms with van der Waals surface area (Å²) in [4.78, 5) is 29.9. The number of carbonyl (C=O) groups excluding carboxylic acids is 1. The minimum absolute atomic E-state index is 0.0183. The van der Waals surface area contributed by atoms with Gasteiger partial charge >= 0.3 is 12.1 Å². The Morgan fingerprint density at radius 1 is 1.12 bits per heavy atom. The molecule has 0 spiro atoms. The van der Waals surface area contributed by atoms with Crippen LogP contribution < -0.4 is 16.4 Å². The number of amides is 1. The van der Waals surface area contributed by atoms with Gasteiger partial charge in [0.25, 0.3) is 5.91 Å². The first-order valence-electron chi connectivity index (χ1n) is 7.03. The first-order chi connectivity index (χ1) is 12.2. The first kappa shape index (κ1) is 17.2. The molecule has 0 radical (unpaired) electrons. The minimum atomic E-state index is -4.72. The van der Waals surface area contributed by atoms with E-state index in [0.717, 1.165) is 6.20 Å². The van der Waals surface area contributed by atoms with Gasteiger partial charge in [0.2, 0.25) is 0 Å². The second-order valence-corrected chi connectivity index (χ2v) is 5.19. The molecule has 3 rings (SSSR count). The van der Waals surface area contributed by atoms with E-state index in [1.54, 1.807) is 0 Å². The van der Waals surface area contributed by atoms with Crippen molar-refractivity contribution in [1.29, 1.82) is 0 Å². The van der Waals surface area contributed by atoms with Gasteiger partial charge in [-0.05, 0) is 24.3 Å². The van der Waals surface area contributed by atoms with Crippen molar-refractivity contribution in [3.05, 3.63) is 53.4 Å². The fourth-order valence-electron chi connectivity index (χ4n) is 2.30. The molecule has 2 aromatic rings. The van der Waals surface area contributed by atoms with Crippen molar-refractivity contribution in [3.8, 4) is 0 Å². The summed E-state index contributed by atoms with van der Waals surface area (Å²) in [6.45, 7) is 0. The van der Waals surface area contributed by atoms with E-state index in [1.807, 2.05) is 0 Å². The van der Waals surface area contributed by atoms with E-state index in [0.29, 0.717) is 17.4 Å². The van der Waals surface area contributed by atoms with E-state index in [4.69, 9.17) is 10.8 Å². The summed E-state index contributed by atoms with van der Waals surface area (Å²) in [5, 5.41) is 14.5. The highest BCUT2D eigenvalue weighted by atomic mass is 19.4. The quantitative estimate of drug-likeness (QED) is 0.611. The standard InChI is InChI=1S/C15H10F3N5O3/c16-15(17,18)9-3-4-20-12(23-9)10(11(19)24)13-21-7-2-1-6(14(25)26)5-8(7)22-13/h1-5,21-22H,(H2,19,24)(H,25,26)/b13-10+. The summed E-state index contributed by atoms with van der Waals surface area (Å²) < 4.78 is 38.5. The largest absolute Gasteiger partial charge is 0.478 e. The van der Waals surface area contributed by atoms with Crippen LogP contribution in [0.5, 0.6) is 0 Å². The molecule has 1 aromatic heterocycles. The second-order valence-electron chi connectivity index (χ2n) is 5.19. The maximum Gasteiger partial charge on any atom is 0.433 e. The SMILES string of the molecule is NC(=O)/C(=C1/Nc2ccc(C(=O)O)cc2N1)c1nccc(C(F)(F)F)n1. The average molecular weight is 365 g/mol. The van der Waals surface area contributed by atoms with Crippen LogP contribution in [0.4, 0.5) is 24.5 Å². The van der Waals surface area contributed by atoms with E-state index in [9.17, 15) is 22.8 Å². The number of benzene rings is 1. The van der Waals surface area contributed by atoms with E-state index in [2.05, 4.69) is 20.6 Å². The van der Waals surface area contributed by atoms with Gasteiger partial charge in [0.15, 0.2) is 5.82 Å². The van der Waals surface area contributed by atoms with Gasteiger partial charge in [0, 0.05) is 6.20 Å². The number of alkyl halides is 3. The third-order valence-electron chi connectivity index (χ3n) is 3.45. The molecule has 2 heterocycles. The molecule has 5 N–H and O–H groups in total. The summed E-state index contributed by atoms with van der Waals surface area (Å²) in [7, 11) is 0. The summed E-state index contributed by atoms with van der Waals surface area (Å²) in [5.41, 5.74) is 4.36. The number of nitrogens with two attached hydrogens (primary N) is 1. The van der Waals surface area contributed by atoms with Crippen LogP contribution in [-0.4, -0.2) is 27.0 Å². The maximum absolute atomic E-state index is 12.8. The number of primary amides is 1. The lowest BCUT2D eigenvalue weighted by Gasteiger charge is -2.10. The molecular weight excluding hydrogens is 355 g/mol. The molecule has 0 fully saturated rings. The molecule has 1 aliphatic heterocycles. The highest BCUT2D eigenvalue weighted by Gasteiger charge is 2.34. The highest BCUT2D eigenvalue weighted by Crippen LogP contribution is 2.34. The molecular formula is C15H10F3N5O3. The van der Waals surface area contributed by atoms with Crippen LogP contribution >= 0.6 is 0 Å². The van der Waals surface area contributed by atoms with E-state index in [1.165, 1.54) is 18.2 Å². The van der Waals surface area contributed by atoms with Crippen molar-refractivity contribution in [2.24, 2.45) is 5.73 Å². The number of hydrogen-bond donors (Lipinski definition) is 4. The number of anilines is 2. The Bertz CT molecular complexity index is 956. The Kier molecular flexibility index (Phi) is 3.98. The molecule has 0 atom stereocenters. The molecule has 1 aliphatic rings. The van der Waals surface area contributed by atoms with Gasteiger partial charge in [-0.25, -0.2) is 14.8 Å². The zero-order chi connectivity index (χ0) is 19.1. The van der Waals surface area contributed by atoms with E-state index < -0.39 is 35.1 Å². The molecule has 0 bridgehead atoms. The highest BCUT2D eigenvalue weighted by molar-refractivity contribution is 6.20. The lowest BCUT2D eigenvalue weighted by molar-refractivity contribution is -0.141. The van der Waals surface area contributed by atoms with Gasteiger partial charge in [0.05, 0.1) is 16.9 Å². The van der Waals surface area contributed by atoms with Crippen LogP contribution in [0.25, 0.3) is 5.57 Å². The third-order valence-corrected chi connectivity index (χ3v) is 3.45. The van der Waals surface area contributed by atoms with Gasteiger partial charge in [-0.15, -0.1) is 0 Å². The molecule has 1 aromatic carbocycles. The van der Waals surface area contributed by atoms with Crippen molar-refractivity contribution in [1.82, 2.24) is 9.97 Å². The van der Waals surface area contributed by atoms with Crippen LogP contribution in [0, 0.1) is 0 Å². The van der Waals surface area contributed by atoms with Crippen molar-refractivity contribution < 1.29 is 27.9 Å². The molecule has 0 aliphatic carbocycles. The number of carboxylic acids is 1. The second kappa shape index (κ2) is 6.02. The normalized spacial score (nSPS) is 14.9. The Morgan fingerprint density at radius 3 is 2.42 bits per heavy atom. The molecule has 26 heavy (non-hydrogen) atoms. The lowest BCUT2D eigenvalue weighted by atomic mass is 10.2. The molecule has 0 unspecified atom stereocenters. The summed E-state index contributed by atoms with van der Waals surface area (Å²) in [6.07, 6.45) is -3.86. The topological polar surface area (TPSA) is 130 Å². The van der Waals surface area contributed by atoms with Gasteiger partial charge in [-0.1, -0.05) is 0 Å². The number of carbonyl (C=O) groups is 2. The van der Waals surface area contributed by atoms with Gasteiger partial charge in [-0.3, -0.25) is 4.79 Å².